The van der Waals surface area contributed by atoms with Crippen molar-refractivity contribution >= 4 is 18.0 Å². The summed E-state index contributed by atoms with van der Waals surface area (Å²) in [7, 11) is 0. The number of amides is 2. The van der Waals surface area contributed by atoms with Crippen LogP contribution in [0, 0.1) is 11.6 Å². The number of rotatable bonds is 10. The summed E-state index contributed by atoms with van der Waals surface area (Å²) in [4.78, 5) is 37.5. The molecule has 1 unspecified atom stereocenters. The van der Waals surface area contributed by atoms with Crippen LogP contribution in [0.1, 0.15) is 47.8 Å². The predicted octanol–water partition coefficient (Wildman–Crippen LogP) is 5.12. The van der Waals surface area contributed by atoms with E-state index in [4.69, 9.17) is 9.47 Å². The summed E-state index contributed by atoms with van der Waals surface area (Å²) in [5.74, 6) is -2.16. The highest BCUT2D eigenvalue weighted by Crippen LogP contribution is 2.14. The lowest BCUT2D eigenvalue weighted by Crippen LogP contribution is -2.46. The summed E-state index contributed by atoms with van der Waals surface area (Å²) in [5, 5.41) is 5.32. The van der Waals surface area contributed by atoms with Crippen LogP contribution >= 0.6 is 0 Å². The van der Waals surface area contributed by atoms with E-state index in [1.165, 1.54) is 0 Å². The summed E-state index contributed by atoms with van der Waals surface area (Å²) < 4.78 is 38.6. The normalized spacial score (nSPS) is 11.8. The molecule has 0 bridgehead atoms. The molecule has 0 saturated heterocycles. The second-order valence-corrected chi connectivity index (χ2v) is 10.0. The molecule has 2 amide bonds. The van der Waals surface area contributed by atoms with Gasteiger partial charge in [0.05, 0.1) is 12.5 Å². The quantitative estimate of drug-likeness (QED) is 0.350. The first kappa shape index (κ1) is 29.3. The van der Waals surface area contributed by atoms with Gasteiger partial charge in [0.25, 0.3) is 5.91 Å². The number of hydrogen-bond donors (Lipinski definition) is 2. The predicted molar refractivity (Wildman–Crippen MR) is 142 cm³/mol. The molecule has 3 rings (SSSR count). The molecule has 0 saturated carbocycles. The fourth-order valence-electron chi connectivity index (χ4n) is 3.71. The SMILES string of the molecule is CC(C)(C)OC(=O)NC(CNC(=O)c1cccc(CC(=O)OCc2ccccc2)c1)Cc1cc(F)ccc1F. The second-order valence-electron chi connectivity index (χ2n) is 10.0. The topological polar surface area (TPSA) is 93.7 Å². The fourth-order valence-corrected chi connectivity index (χ4v) is 3.71. The molecule has 0 fully saturated rings. The van der Waals surface area contributed by atoms with E-state index in [-0.39, 0.29) is 37.1 Å². The summed E-state index contributed by atoms with van der Waals surface area (Å²) in [5.41, 5.74) is 1.01. The van der Waals surface area contributed by atoms with Gasteiger partial charge < -0.3 is 20.1 Å². The van der Waals surface area contributed by atoms with Crippen molar-refractivity contribution in [2.45, 2.75) is 51.9 Å². The molecule has 0 aromatic heterocycles. The number of esters is 1. The van der Waals surface area contributed by atoms with Crippen LogP contribution in [0.25, 0.3) is 0 Å². The Bertz CT molecular complexity index is 1290. The Kier molecular flexibility index (Phi) is 10.1. The Labute approximate surface area is 226 Å². The van der Waals surface area contributed by atoms with Crippen LogP contribution in [0.4, 0.5) is 13.6 Å². The van der Waals surface area contributed by atoms with Crippen molar-refractivity contribution in [2.75, 3.05) is 6.54 Å². The van der Waals surface area contributed by atoms with Gasteiger partial charge in [-0.2, -0.15) is 0 Å². The van der Waals surface area contributed by atoms with Crippen LogP contribution in [0.5, 0.6) is 0 Å². The number of halogens is 2. The van der Waals surface area contributed by atoms with Gasteiger partial charge in [0.2, 0.25) is 0 Å². The molecule has 206 valence electrons. The van der Waals surface area contributed by atoms with E-state index < -0.39 is 41.2 Å². The Hall–Kier alpha value is -4.27. The van der Waals surface area contributed by atoms with Gasteiger partial charge in [0.15, 0.2) is 0 Å². The highest BCUT2D eigenvalue weighted by molar-refractivity contribution is 5.94. The number of hydrogen-bond acceptors (Lipinski definition) is 5. The lowest BCUT2D eigenvalue weighted by Gasteiger charge is -2.24. The monoisotopic (exact) mass is 538 g/mol. The van der Waals surface area contributed by atoms with Crippen molar-refractivity contribution in [2.24, 2.45) is 0 Å². The average Bonchev–Trinajstić information content (AvgIpc) is 2.87. The van der Waals surface area contributed by atoms with Gasteiger partial charge in [0, 0.05) is 12.1 Å². The molecular formula is C30H32F2N2O5. The van der Waals surface area contributed by atoms with Crippen molar-refractivity contribution in [3.8, 4) is 0 Å². The molecule has 0 aliphatic heterocycles. The largest absolute Gasteiger partial charge is 0.461 e. The van der Waals surface area contributed by atoms with Crippen molar-refractivity contribution in [3.63, 3.8) is 0 Å². The molecule has 0 aliphatic rings. The highest BCUT2D eigenvalue weighted by Gasteiger charge is 2.22. The van der Waals surface area contributed by atoms with E-state index in [0.29, 0.717) is 5.56 Å². The molecule has 2 N–H and O–H groups in total. The minimum absolute atomic E-state index is 0.0182. The third-order valence-corrected chi connectivity index (χ3v) is 5.48. The van der Waals surface area contributed by atoms with Crippen molar-refractivity contribution in [3.05, 3.63) is 107 Å². The Balaban J connectivity index is 1.62. The van der Waals surface area contributed by atoms with Gasteiger partial charge in [0.1, 0.15) is 23.8 Å². The molecule has 39 heavy (non-hydrogen) atoms. The molecule has 0 aliphatic carbocycles. The maximum atomic E-state index is 14.3. The van der Waals surface area contributed by atoms with E-state index in [1.807, 2.05) is 30.3 Å². The number of alkyl carbamates (subject to hydrolysis) is 1. The number of ether oxygens (including phenoxy) is 2. The first-order chi connectivity index (χ1) is 18.5. The smallest absolute Gasteiger partial charge is 0.407 e. The molecule has 1 atom stereocenters. The molecule has 3 aromatic carbocycles. The lowest BCUT2D eigenvalue weighted by atomic mass is 10.0. The third-order valence-electron chi connectivity index (χ3n) is 5.48. The van der Waals surface area contributed by atoms with Crippen molar-refractivity contribution in [1.82, 2.24) is 10.6 Å². The van der Waals surface area contributed by atoms with Gasteiger partial charge in [-0.25, -0.2) is 13.6 Å². The van der Waals surface area contributed by atoms with Gasteiger partial charge >= 0.3 is 12.1 Å². The zero-order valence-corrected chi connectivity index (χ0v) is 22.1. The minimum atomic E-state index is -0.795. The van der Waals surface area contributed by atoms with Gasteiger partial charge in [-0.05, 0) is 74.2 Å². The first-order valence-electron chi connectivity index (χ1n) is 12.5. The highest BCUT2D eigenvalue weighted by atomic mass is 19.1. The van der Waals surface area contributed by atoms with Crippen LogP contribution < -0.4 is 10.6 Å². The van der Waals surface area contributed by atoms with E-state index in [0.717, 1.165) is 23.8 Å². The first-order valence-corrected chi connectivity index (χ1v) is 12.5. The van der Waals surface area contributed by atoms with Crippen molar-refractivity contribution < 1.29 is 32.6 Å². The summed E-state index contributed by atoms with van der Waals surface area (Å²) in [6.45, 7) is 5.15. The van der Waals surface area contributed by atoms with Crippen LogP contribution in [-0.2, 0) is 33.7 Å². The number of carbonyl (C=O) groups excluding carboxylic acids is 3. The average molecular weight is 539 g/mol. The molecule has 0 spiro atoms. The molecule has 7 nitrogen and oxygen atoms in total. The zero-order chi connectivity index (χ0) is 28.4. The van der Waals surface area contributed by atoms with Crippen molar-refractivity contribution in [1.29, 1.82) is 0 Å². The van der Waals surface area contributed by atoms with Gasteiger partial charge in [-0.3, -0.25) is 9.59 Å². The van der Waals surface area contributed by atoms with Crippen LogP contribution in [0.3, 0.4) is 0 Å². The van der Waals surface area contributed by atoms with E-state index in [2.05, 4.69) is 10.6 Å². The summed E-state index contributed by atoms with van der Waals surface area (Å²) in [6, 6.07) is 18.0. The van der Waals surface area contributed by atoms with Gasteiger partial charge in [-0.1, -0.05) is 42.5 Å². The third kappa shape index (κ3) is 10.2. The van der Waals surface area contributed by atoms with Gasteiger partial charge in [-0.15, -0.1) is 0 Å². The Morgan fingerprint density at radius 1 is 0.897 bits per heavy atom. The number of carbonyl (C=O) groups is 3. The minimum Gasteiger partial charge on any atom is -0.461 e. The summed E-state index contributed by atoms with van der Waals surface area (Å²) in [6.07, 6.45) is -0.860. The fraction of sp³-hybridized carbons (Fsp3) is 0.300. The van der Waals surface area contributed by atoms with Crippen LogP contribution in [0.2, 0.25) is 0 Å². The molecule has 9 heteroatoms. The van der Waals surface area contributed by atoms with E-state index in [9.17, 15) is 23.2 Å². The van der Waals surface area contributed by atoms with E-state index >= 15 is 0 Å². The zero-order valence-electron chi connectivity index (χ0n) is 22.1. The maximum absolute atomic E-state index is 14.3. The second kappa shape index (κ2) is 13.5. The molecule has 3 aromatic rings. The Morgan fingerprint density at radius 2 is 1.62 bits per heavy atom. The van der Waals surface area contributed by atoms with Crippen LogP contribution in [-0.4, -0.2) is 36.2 Å². The Morgan fingerprint density at radius 3 is 2.33 bits per heavy atom. The lowest BCUT2D eigenvalue weighted by molar-refractivity contribution is -0.144. The molecular weight excluding hydrogens is 506 g/mol. The maximum Gasteiger partial charge on any atom is 0.407 e. The number of benzene rings is 3. The number of nitrogens with one attached hydrogen (secondary N) is 2. The molecule has 0 radical (unpaired) electrons. The summed E-state index contributed by atoms with van der Waals surface area (Å²) >= 11 is 0. The van der Waals surface area contributed by atoms with Crippen LogP contribution in [0.15, 0.2) is 72.8 Å². The standard InChI is InChI=1S/C30H32F2N2O5/c1-30(2,3)39-29(37)34-25(17-23-16-24(31)12-13-26(23)32)18-33-28(36)22-11-7-10-21(14-22)15-27(35)38-19-20-8-5-4-6-9-20/h4-14,16,25H,15,17-19H2,1-3H3,(H,33,36)(H,34,37). The molecule has 0 heterocycles. The van der Waals surface area contributed by atoms with E-state index in [1.54, 1.807) is 45.0 Å².